The molecule has 1 aliphatic heterocycles. The zero-order valence-electron chi connectivity index (χ0n) is 16.3. The van der Waals surface area contributed by atoms with Gasteiger partial charge < -0.3 is 24.8 Å². The minimum absolute atomic E-state index is 0.0260. The highest BCUT2D eigenvalue weighted by atomic mass is 16.6. The summed E-state index contributed by atoms with van der Waals surface area (Å²) in [6.07, 6.45) is -0.211. The van der Waals surface area contributed by atoms with Crippen LogP contribution in [-0.2, 0) is 16.1 Å². The van der Waals surface area contributed by atoms with Gasteiger partial charge in [-0.2, -0.15) is 0 Å². The summed E-state index contributed by atoms with van der Waals surface area (Å²) in [5.41, 5.74) is 0.380. The monoisotopic (exact) mass is 378 g/mol. The average molecular weight is 378 g/mol. The number of benzene rings is 1. The third kappa shape index (κ3) is 7.46. The number of amides is 2. The highest BCUT2D eigenvalue weighted by Gasteiger charge is 2.28. The van der Waals surface area contributed by atoms with E-state index in [0.29, 0.717) is 25.9 Å². The molecule has 27 heavy (non-hydrogen) atoms. The van der Waals surface area contributed by atoms with Gasteiger partial charge in [-0.15, -0.1) is 0 Å². The van der Waals surface area contributed by atoms with E-state index in [9.17, 15) is 14.7 Å². The first kappa shape index (κ1) is 21.0. The van der Waals surface area contributed by atoms with Crippen LogP contribution in [0.3, 0.4) is 0 Å². The van der Waals surface area contributed by atoms with Crippen molar-refractivity contribution in [3.63, 3.8) is 0 Å². The van der Waals surface area contributed by atoms with E-state index in [4.69, 9.17) is 9.47 Å². The van der Waals surface area contributed by atoms with Crippen LogP contribution in [0.25, 0.3) is 0 Å². The van der Waals surface area contributed by atoms with Crippen molar-refractivity contribution in [3.8, 4) is 0 Å². The molecule has 1 aromatic rings. The second-order valence-corrected chi connectivity index (χ2v) is 7.81. The van der Waals surface area contributed by atoms with Crippen LogP contribution in [0.2, 0.25) is 0 Å². The molecule has 1 aliphatic rings. The number of hydrogen-bond acceptors (Lipinski definition) is 5. The molecule has 2 amide bonds. The van der Waals surface area contributed by atoms with Crippen LogP contribution < -0.4 is 5.32 Å². The van der Waals surface area contributed by atoms with Crippen molar-refractivity contribution in [2.75, 3.05) is 19.6 Å². The Morgan fingerprint density at radius 2 is 1.85 bits per heavy atom. The number of aliphatic hydroxyl groups is 1. The Bertz CT molecular complexity index is 607. The molecule has 7 heteroatoms. The topological polar surface area (TPSA) is 88.1 Å². The third-order valence-corrected chi connectivity index (χ3v) is 4.40. The van der Waals surface area contributed by atoms with Crippen LogP contribution in [-0.4, -0.2) is 53.5 Å². The Morgan fingerprint density at radius 3 is 2.44 bits per heavy atom. The first-order valence-electron chi connectivity index (χ1n) is 9.35. The van der Waals surface area contributed by atoms with E-state index in [2.05, 4.69) is 5.32 Å². The van der Waals surface area contributed by atoms with Gasteiger partial charge in [0.25, 0.3) is 0 Å². The van der Waals surface area contributed by atoms with E-state index in [1.807, 2.05) is 30.3 Å². The van der Waals surface area contributed by atoms with Crippen molar-refractivity contribution < 1.29 is 24.2 Å². The smallest absolute Gasteiger partial charge is 0.410 e. The van der Waals surface area contributed by atoms with Crippen LogP contribution in [0.1, 0.15) is 39.2 Å². The van der Waals surface area contributed by atoms with Gasteiger partial charge in [0.1, 0.15) is 12.2 Å². The van der Waals surface area contributed by atoms with Crippen LogP contribution >= 0.6 is 0 Å². The van der Waals surface area contributed by atoms with Gasteiger partial charge in [0.15, 0.2) is 0 Å². The number of piperidine rings is 1. The zero-order valence-corrected chi connectivity index (χ0v) is 16.3. The Labute approximate surface area is 160 Å². The van der Waals surface area contributed by atoms with Gasteiger partial charge in [0.05, 0.1) is 6.10 Å². The number of likely N-dealkylation sites (tertiary alicyclic amines) is 1. The first-order valence-corrected chi connectivity index (χ1v) is 9.35. The lowest BCUT2D eigenvalue weighted by molar-refractivity contribution is 0.0341. The number of carbonyl (C=O) groups excluding carboxylic acids is 2. The Kier molecular flexibility index (Phi) is 7.47. The van der Waals surface area contributed by atoms with Crippen molar-refractivity contribution in [3.05, 3.63) is 35.9 Å². The van der Waals surface area contributed by atoms with Crippen LogP contribution in [0.5, 0.6) is 0 Å². The molecule has 0 saturated carbocycles. The van der Waals surface area contributed by atoms with Crippen LogP contribution in [0.15, 0.2) is 30.3 Å². The summed E-state index contributed by atoms with van der Waals surface area (Å²) in [4.78, 5) is 25.5. The van der Waals surface area contributed by atoms with Crippen molar-refractivity contribution in [1.29, 1.82) is 0 Å². The molecule has 1 fully saturated rings. The summed E-state index contributed by atoms with van der Waals surface area (Å²) in [5, 5.41) is 12.9. The molecule has 0 aliphatic carbocycles. The van der Waals surface area contributed by atoms with E-state index in [0.717, 1.165) is 5.56 Å². The number of rotatable bonds is 5. The fraction of sp³-hybridized carbons (Fsp3) is 0.600. The molecule has 0 bridgehead atoms. The number of hydrogen-bond donors (Lipinski definition) is 2. The average Bonchev–Trinajstić information content (AvgIpc) is 2.64. The molecule has 1 saturated heterocycles. The maximum atomic E-state index is 12.2. The molecule has 150 valence electrons. The predicted octanol–water partition coefficient (Wildman–Crippen LogP) is 2.92. The van der Waals surface area contributed by atoms with Crippen LogP contribution in [0.4, 0.5) is 9.59 Å². The number of nitrogens with one attached hydrogen (secondary N) is 1. The summed E-state index contributed by atoms with van der Waals surface area (Å²) in [5.74, 6) is 0.0260. The van der Waals surface area contributed by atoms with Gasteiger partial charge in [0, 0.05) is 19.6 Å². The highest BCUT2D eigenvalue weighted by molar-refractivity contribution is 5.68. The fourth-order valence-electron chi connectivity index (χ4n) is 2.95. The van der Waals surface area contributed by atoms with E-state index >= 15 is 0 Å². The Morgan fingerprint density at radius 1 is 1.22 bits per heavy atom. The van der Waals surface area contributed by atoms with Crippen molar-refractivity contribution >= 4 is 12.2 Å². The molecule has 0 spiro atoms. The highest BCUT2D eigenvalue weighted by Crippen LogP contribution is 2.21. The Balaban J connectivity index is 1.68. The normalized spacial score (nSPS) is 16.5. The quantitative estimate of drug-likeness (QED) is 0.822. The molecule has 1 atom stereocenters. The zero-order chi connectivity index (χ0) is 19.9. The number of alkyl carbamates (subject to hydrolysis) is 1. The first-order chi connectivity index (χ1) is 12.7. The van der Waals surface area contributed by atoms with E-state index in [-0.39, 0.29) is 25.2 Å². The van der Waals surface area contributed by atoms with E-state index in [1.165, 1.54) is 0 Å². The van der Waals surface area contributed by atoms with Gasteiger partial charge in [-0.3, -0.25) is 0 Å². The molecule has 1 heterocycles. The lowest BCUT2D eigenvalue weighted by atomic mass is 9.91. The number of ether oxygens (including phenoxy) is 2. The third-order valence-electron chi connectivity index (χ3n) is 4.40. The summed E-state index contributed by atoms with van der Waals surface area (Å²) in [6.45, 7) is 6.81. The van der Waals surface area contributed by atoms with E-state index in [1.54, 1.807) is 25.7 Å². The molecule has 7 nitrogen and oxygen atoms in total. The van der Waals surface area contributed by atoms with Gasteiger partial charge >= 0.3 is 12.2 Å². The fourth-order valence-corrected chi connectivity index (χ4v) is 2.95. The molecule has 0 radical (unpaired) electrons. The van der Waals surface area contributed by atoms with Crippen molar-refractivity contribution in [2.45, 2.75) is 51.9 Å². The molecule has 0 unspecified atom stereocenters. The standard InChI is InChI=1S/C20H30N2O5/c1-20(2,3)27-18(24)21-13-17(23)16-9-11-22(12-10-16)19(25)26-14-15-7-5-4-6-8-15/h4-8,16-17,23H,9-14H2,1-3H3,(H,21,24)/t17-/m1/s1. The SMILES string of the molecule is CC(C)(C)OC(=O)NC[C@@H](O)C1CCN(C(=O)OCc2ccccc2)CC1. The van der Waals surface area contributed by atoms with Gasteiger partial charge in [-0.1, -0.05) is 30.3 Å². The molecule has 1 aromatic carbocycles. The largest absolute Gasteiger partial charge is 0.445 e. The van der Waals surface area contributed by atoms with Gasteiger partial charge in [-0.05, 0) is 45.1 Å². The maximum Gasteiger partial charge on any atom is 0.410 e. The molecular weight excluding hydrogens is 348 g/mol. The summed E-state index contributed by atoms with van der Waals surface area (Å²) < 4.78 is 10.5. The van der Waals surface area contributed by atoms with Crippen molar-refractivity contribution in [1.82, 2.24) is 10.2 Å². The molecule has 2 N–H and O–H groups in total. The van der Waals surface area contributed by atoms with Crippen molar-refractivity contribution in [2.24, 2.45) is 5.92 Å². The maximum absolute atomic E-state index is 12.2. The van der Waals surface area contributed by atoms with Gasteiger partial charge in [0.2, 0.25) is 0 Å². The number of carbonyl (C=O) groups is 2. The summed E-state index contributed by atoms with van der Waals surface area (Å²) in [6, 6.07) is 9.54. The second kappa shape index (κ2) is 9.60. The Hall–Kier alpha value is -2.28. The lowest BCUT2D eigenvalue weighted by Gasteiger charge is -2.33. The number of aliphatic hydroxyl groups excluding tert-OH is 1. The minimum atomic E-state index is -0.667. The lowest BCUT2D eigenvalue weighted by Crippen LogP contribution is -2.45. The van der Waals surface area contributed by atoms with Gasteiger partial charge in [-0.25, -0.2) is 9.59 Å². The summed E-state index contributed by atoms with van der Waals surface area (Å²) >= 11 is 0. The van der Waals surface area contributed by atoms with Crippen LogP contribution in [0, 0.1) is 5.92 Å². The minimum Gasteiger partial charge on any atom is -0.445 e. The number of nitrogens with zero attached hydrogens (tertiary/aromatic N) is 1. The summed E-state index contributed by atoms with van der Waals surface area (Å²) in [7, 11) is 0. The second-order valence-electron chi connectivity index (χ2n) is 7.81. The molecular formula is C20H30N2O5. The predicted molar refractivity (Wildman–Crippen MR) is 101 cm³/mol. The molecule has 0 aromatic heterocycles. The van der Waals surface area contributed by atoms with E-state index < -0.39 is 17.8 Å². The molecule has 2 rings (SSSR count).